The van der Waals surface area contributed by atoms with Crippen LogP contribution in [-0.4, -0.2) is 132 Å². The topological polar surface area (TPSA) is 198 Å². The molecule has 4 aromatic rings. The maximum atomic E-state index is 12.8. The van der Waals surface area contributed by atoms with E-state index in [1.165, 1.54) is 46.4 Å². The zero-order valence-electron chi connectivity index (χ0n) is 37.0. The predicted molar refractivity (Wildman–Crippen MR) is 234 cm³/mol. The Morgan fingerprint density at radius 2 is 1.16 bits per heavy atom. The highest BCUT2D eigenvalue weighted by molar-refractivity contribution is 5.95. The predicted octanol–water partition coefficient (Wildman–Crippen LogP) is 5.14. The minimum atomic E-state index is -0.604. The van der Waals surface area contributed by atoms with Crippen LogP contribution in [0.4, 0.5) is 10.2 Å². The molecule has 63 heavy (non-hydrogen) atoms. The van der Waals surface area contributed by atoms with Gasteiger partial charge in [0, 0.05) is 78.6 Å². The van der Waals surface area contributed by atoms with Gasteiger partial charge in [-0.15, -0.1) is 0 Å². The molecule has 17 heteroatoms. The summed E-state index contributed by atoms with van der Waals surface area (Å²) in [4.78, 5) is 85.3. The Balaban J connectivity index is 0.000000230. The summed E-state index contributed by atoms with van der Waals surface area (Å²) in [6.45, 7) is 9.13. The zero-order chi connectivity index (χ0) is 46.4. The molecule has 2 saturated heterocycles. The second-order valence-electron chi connectivity index (χ2n) is 15.3. The summed E-state index contributed by atoms with van der Waals surface area (Å²) in [7, 11) is 6.22. The van der Waals surface area contributed by atoms with Crippen molar-refractivity contribution < 1.29 is 42.6 Å². The van der Waals surface area contributed by atoms with Crippen LogP contribution >= 0.6 is 0 Å². The van der Waals surface area contributed by atoms with Gasteiger partial charge in [0.25, 0.3) is 11.8 Å². The van der Waals surface area contributed by atoms with Crippen LogP contribution in [0.3, 0.4) is 0 Å². The molecular weight excluding hydrogens is 812 g/mol. The van der Waals surface area contributed by atoms with Gasteiger partial charge < -0.3 is 40.1 Å². The number of carbonyl (C=O) groups is 6. The van der Waals surface area contributed by atoms with Crippen molar-refractivity contribution in [1.82, 2.24) is 29.6 Å². The lowest BCUT2D eigenvalue weighted by atomic mass is 10.1. The van der Waals surface area contributed by atoms with Crippen LogP contribution in [0.2, 0.25) is 0 Å². The number of hydrogen-bond donors (Lipinski definition) is 2. The summed E-state index contributed by atoms with van der Waals surface area (Å²) < 4.78 is 22.1. The van der Waals surface area contributed by atoms with Crippen LogP contribution in [0.25, 0.3) is 0 Å². The summed E-state index contributed by atoms with van der Waals surface area (Å²) in [5.41, 5.74) is 9.43. The van der Waals surface area contributed by atoms with Gasteiger partial charge in [0.1, 0.15) is 5.82 Å². The van der Waals surface area contributed by atoms with Crippen molar-refractivity contribution >= 4 is 41.4 Å². The zero-order valence-corrected chi connectivity index (χ0v) is 37.0. The number of likely N-dealkylation sites (N-methyl/N-ethyl adjacent to an activating group) is 2. The third-order valence-corrected chi connectivity index (χ3v) is 11.0. The Hall–Kier alpha value is -6.75. The lowest BCUT2D eigenvalue weighted by Gasteiger charge is -2.23. The lowest BCUT2D eigenvalue weighted by Crippen LogP contribution is -2.38. The van der Waals surface area contributed by atoms with Gasteiger partial charge in [-0.3, -0.25) is 19.2 Å². The number of aromatic nitrogens is 2. The first-order valence-electron chi connectivity index (χ1n) is 20.5. The molecule has 4 heterocycles. The van der Waals surface area contributed by atoms with Gasteiger partial charge in [-0.25, -0.2) is 19.6 Å². The van der Waals surface area contributed by atoms with Crippen molar-refractivity contribution in [2.24, 2.45) is 5.73 Å². The smallest absolute Gasteiger partial charge is 0.337 e. The maximum absolute atomic E-state index is 12.8. The standard InChI is InChI=1S/C23H28N4O4.C13H16FN3O2.C10H13NO2/c1-15(17-6-5-7-18(12-17)23(30)31-4)25-21-9-8-19(13-24-21)22(29)27-11-10-20(14-27)26(3)16(2)28;1-9(18)16(2)11-5-6-17(8-11)13(19)10-3-4-12(14)15-7-10;1-7(11)8-4-3-5-9(6-8)10(12)13-2/h5-9,12-13,15,20H,10-11,14H2,1-4H3,(H,24,25);3-4,7,11H,5-6,8H2,1-2H3;3-7H,11H2,1-2H3/t15?,20-;11-;/m00./s1. The second-order valence-corrected chi connectivity index (χ2v) is 15.3. The third kappa shape index (κ3) is 13.6. The molecule has 2 aromatic heterocycles. The number of nitrogens with two attached hydrogens (primary N) is 1. The first-order valence-corrected chi connectivity index (χ1v) is 20.5. The van der Waals surface area contributed by atoms with E-state index in [1.54, 1.807) is 82.4 Å². The molecule has 2 unspecified atom stereocenters. The van der Waals surface area contributed by atoms with Crippen LogP contribution in [0.15, 0.2) is 85.2 Å². The van der Waals surface area contributed by atoms with Crippen molar-refractivity contribution in [1.29, 1.82) is 0 Å². The minimum Gasteiger partial charge on any atom is -0.465 e. The molecular formula is C46H57FN8O8. The fourth-order valence-corrected chi connectivity index (χ4v) is 6.90. The van der Waals surface area contributed by atoms with E-state index in [2.05, 4.69) is 20.0 Å². The average Bonchev–Trinajstić information content (AvgIpc) is 4.00. The van der Waals surface area contributed by atoms with Gasteiger partial charge in [0.05, 0.1) is 48.6 Å². The molecule has 0 bridgehead atoms. The van der Waals surface area contributed by atoms with E-state index in [-0.39, 0.29) is 59.7 Å². The summed E-state index contributed by atoms with van der Waals surface area (Å²) in [5, 5.41) is 3.28. The van der Waals surface area contributed by atoms with Crippen LogP contribution < -0.4 is 11.1 Å². The number of rotatable bonds is 10. The molecule has 2 aliphatic rings. The summed E-state index contributed by atoms with van der Waals surface area (Å²) in [6.07, 6.45) is 4.33. The average molecular weight is 869 g/mol. The molecule has 4 amide bonds. The largest absolute Gasteiger partial charge is 0.465 e. The van der Waals surface area contributed by atoms with Crippen LogP contribution in [0.5, 0.6) is 0 Å². The SMILES string of the molecule is CC(=O)N(C)[C@H]1CCN(C(=O)c2ccc(F)nc2)C1.COC(=O)c1cccc(C(C)N)c1.COC(=O)c1cccc(C(C)Nc2ccc(C(=O)N3CC[C@H](N(C)C(C)=O)C3)cn2)c1. The van der Waals surface area contributed by atoms with Crippen molar-refractivity contribution in [2.75, 3.05) is 59.8 Å². The number of ether oxygens (including phenoxy) is 2. The number of carbonyl (C=O) groups excluding carboxylic acids is 6. The molecule has 2 fully saturated rings. The Kier molecular flexibility index (Phi) is 17.8. The van der Waals surface area contributed by atoms with E-state index in [1.807, 2.05) is 32.0 Å². The van der Waals surface area contributed by atoms with Crippen LogP contribution in [0, 0.1) is 5.95 Å². The number of hydrogen-bond acceptors (Lipinski definition) is 12. The van der Waals surface area contributed by atoms with Crippen molar-refractivity contribution in [3.8, 4) is 0 Å². The summed E-state index contributed by atoms with van der Waals surface area (Å²) in [6, 6.07) is 20.4. The maximum Gasteiger partial charge on any atom is 0.337 e. The molecule has 0 aliphatic carbocycles. The number of nitrogens with one attached hydrogen (secondary N) is 1. The number of halogens is 1. The number of anilines is 1. The van der Waals surface area contributed by atoms with Gasteiger partial charge in [-0.2, -0.15) is 4.39 Å². The minimum absolute atomic E-state index is 0.00244. The molecule has 0 radical (unpaired) electrons. The van der Waals surface area contributed by atoms with Crippen molar-refractivity contribution in [3.05, 3.63) is 125 Å². The molecule has 2 aliphatic heterocycles. The monoisotopic (exact) mass is 868 g/mol. The van der Waals surface area contributed by atoms with Crippen molar-refractivity contribution in [2.45, 2.75) is 64.7 Å². The first-order chi connectivity index (χ1) is 29.9. The number of esters is 2. The highest BCUT2D eigenvalue weighted by Crippen LogP contribution is 2.22. The van der Waals surface area contributed by atoms with E-state index in [4.69, 9.17) is 10.5 Å². The Bertz CT molecular complexity index is 2220. The molecule has 16 nitrogen and oxygen atoms in total. The van der Waals surface area contributed by atoms with Gasteiger partial charge in [-0.1, -0.05) is 24.3 Å². The summed E-state index contributed by atoms with van der Waals surface area (Å²) in [5.74, 6) is -0.957. The molecule has 336 valence electrons. The Morgan fingerprint density at radius 3 is 1.57 bits per heavy atom. The highest BCUT2D eigenvalue weighted by atomic mass is 19.1. The lowest BCUT2D eigenvalue weighted by molar-refractivity contribution is -0.130. The van der Waals surface area contributed by atoms with Crippen molar-refractivity contribution in [3.63, 3.8) is 0 Å². The number of nitrogens with zero attached hydrogens (tertiary/aromatic N) is 6. The molecule has 0 saturated carbocycles. The Morgan fingerprint density at radius 1 is 0.698 bits per heavy atom. The fourth-order valence-electron chi connectivity index (χ4n) is 6.90. The second kappa shape index (κ2) is 22.9. The van der Waals surface area contributed by atoms with E-state index >= 15 is 0 Å². The van der Waals surface area contributed by atoms with Gasteiger partial charge >= 0.3 is 11.9 Å². The third-order valence-electron chi connectivity index (χ3n) is 11.0. The molecule has 6 rings (SSSR count). The Labute approximate surface area is 367 Å². The quantitative estimate of drug-likeness (QED) is 0.158. The molecule has 2 aromatic carbocycles. The van der Waals surface area contributed by atoms with Gasteiger partial charge in [0.15, 0.2) is 0 Å². The molecule has 4 atom stereocenters. The van der Waals surface area contributed by atoms with Crippen LogP contribution in [0.1, 0.15) is 105 Å². The van der Waals surface area contributed by atoms with E-state index in [0.717, 1.165) is 24.0 Å². The summed E-state index contributed by atoms with van der Waals surface area (Å²) >= 11 is 0. The number of amides is 4. The van der Waals surface area contributed by atoms with Gasteiger partial charge in [0.2, 0.25) is 17.8 Å². The number of likely N-dealkylation sites (tertiary alicyclic amines) is 2. The number of benzene rings is 2. The van der Waals surface area contributed by atoms with E-state index in [0.29, 0.717) is 54.3 Å². The first kappa shape index (κ1) is 48.9. The fraction of sp³-hybridized carbons (Fsp3) is 0.391. The number of pyridine rings is 2. The number of methoxy groups -OCH3 is 2. The van der Waals surface area contributed by atoms with E-state index < -0.39 is 5.95 Å². The van der Waals surface area contributed by atoms with E-state index in [9.17, 15) is 33.2 Å². The highest BCUT2D eigenvalue weighted by Gasteiger charge is 2.32. The normalized spacial score (nSPS) is 16.2. The van der Waals surface area contributed by atoms with Gasteiger partial charge in [-0.05, 0) is 86.3 Å². The van der Waals surface area contributed by atoms with Crippen LogP contribution in [-0.2, 0) is 19.1 Å². The molecule has 3 N–H and O–H groups in total. The molecule has 0 spiro atoms.